The van der Waals surface area contributed by atoms with Crippen molar-refractivity contribution in [2.45, 2.75) is 13.0 Å². The number of hydrogen-bond acceptors (Lipinski definition) is 3. The summed E-state index contributed by atoms with van der Waals surface area (Å²) in [5, 5.41) is 16.7. The van der Waals surface area contributed by atoms with Gasteiger partial charge in [0.25, 0.3) is 0 Å². The number of rotatable bonds is 3. The SMILES string of the molecule is OCCC1CNc2c(-c3ccc(F)cc3)cnn2C1. The lowest BCUT2D eigenvalue weighted by Crippen LogP contribution is -2.28. The van der Waals surface area contributed by atoms with Crippen LogP contribution in [0.15, 0.2) is 30.5 Å². The van der Waals surface area contributed by atoms with E-state index in [0.29, 0.717) is 5.92 Å². The van der Waals surface area contributed by atoms with Crippen LogP contribution in [-0.4, -0.2) is 28.0 Å². The zero-order valence-electron chi connectivity index (χ0n) is 10.5. The summed E-state index contributed by atoms with van der Waals surface area (Å²) >= 11 is 0. The minimum atomic E-state index is -0.235. The topological polar surface area (TPSA) is 50.1 Å². The molecular formula is C14H16FN3O. The zero-order chi connectivity index (χ0) is 13.2. The first-order valence-electron chi connectivity index (χ1n) is 6.44. The van der Waals surface area contributed by atoms with Gasteiger partial charge in [0, 0.05) is 25.3 Å². The smallest absolute Gasteiger partial charge is 0.132 e. The molecule has 2 N–H and O–H groups in total. The average molecular weight is 261 g/mol. The van der Waals surface area contributed by atoms with E-state index in [9.17, 15) is 4.39 Å². The molecule has 5 heteroatoms. The van der Waals surface area contributed by atoms with E-state index < -0.39 is 0 Å². The Morgan fingerprint density at radius 1 is 1.37 bits per heavy atom. The van der Waals surface area contributed by atoms with Gasteiger partial charge in [-0.1, -0.05) is 12.1 Å². The molecule has 19 heavy (non-hydrogen) atoms. The third-order valence-electron chi connectivity index (χ3n) is 3.52. The molecule has 0 fully saturated rings. The number of hydrogen-bond donors (Lipinski definition) is 2. The molecule has 1 unspecified atom stereocenters. The van der Waals surface area contributed by atoms with Crippen LogP contribution in [0.4, 0.5) is 10.2 Å². The van der Waals surface area contributed by atoms with E-state index in [0.717, 1.165) is 36.5 Å². The first-order chi connectivity index (χ1) is 9.28. The van der Waals surface area contributed by atoms with E-state index in [-0.39, 0.29) is 12.4 Å². The highest BCUT2D eigenvalue weighted by Crippen LogP contribution is 2.31. The summed E-state index contributed by atoms with van der Waals surface area (Å²) in [6.07, 6.45) is 2.58. The van der Waals surface area contributed by atoms with Crippen LogP contribution < -0.4 is 5.32 Å². The molecule has 0 saturated heterocycles. The van der Waals surface area contributed by atoms with Crippen molar-refractivity contribution in [3.63, 3.8) is 0 Å². The van der Waals surface area contributed by atoms with Crippen molar-refractivity contribution in [1.82, 2.24) is 9.78 Å². The summed E-state index contributed by atoms with van der Waals surface area (Å²) in [4.78, 5) is 0. The fraction of sp³-hybridized carbons (Fsp3) is 0.357. The molecule has 2 heterocycles. The van der Waals surface area contributed by atoms with Crippen LogP contribution >= 0.6 is 0 Å². The fourth-order valence-electron chi connectivity index (χ4n) is 2.48. The molecule has 1 aromatic carbocycles. The molecule has 2 aromatic rings. The largest absolute Gasteiger partial charge is 0.396 e. The van der Waals surface area contributed by atoms with Crippen molar-refractivity contribution in [2.24, 2.45) is 5.92 Å². The van der Waals surface area contributed by atoms with Crippen LogP contribution in [0.25, 0.3) is 11.1 Å². The summed E-state index contributed by atoms with van der Waals surface area (Å²) in [6, 6.07) is 6.43. The van der Waals surface area contributed by atoms with E-state index in [1.165, 1.54) is 12.1 Å². The lowest BCUT2D eigenvalue weighted by Gasteiger charge is -2.25. The van der Waals surface area contributed by atoms with Crippen molar-refractivity contribution < 1.29 is 9.50 Å². The average Bonchev–Trinajstić information content (AvgIpc) is 2.83. The third-order valence-corrected chi connectivity index (χ3v) is 3.52. The minimum absolute atomic E-state index is 0.202. The Kier molecular flexibility index (Phi) is 3.21. The van der Waals surface area contributed by atoms with Crippen molar-refractivity contribution in [3.05, 3.63) is 36.3 Å². The van der Waals surface area contributed by atoms with Gasteiger partial charge in [-0.15, -0.1) is 0 Å². The quantitative estimate of drug-likeness (QED) is 0.889. The van der Waals surface area contributed by atoms with Gasteiger partial charge >= 0.3 is 0 Å². The van der Waals surface area contributed by atoms with Crippen LogP contribution in [0.2, 0.25) is 0 Å². The maximum atomic E-state index is 12.9. The number of aromatic nitrogens is 2. The molecule has 1 atom stereocenters. The Morgan fingerprint density at radius 2 is 2.16 bits per heavy atom. The number of aliphatic hydroxyl groups excluding tert-OH is 1. The number of nitrogens with one attached hydrogen (secondary N) is 1. The second kappa shape index (κ2) is 5.01. The van der Waals surface area contributed by atoms with Crippen LogP contribution in [0.1, 0.15) is 6.42 Å². The Labute approximate surface area is 110 Å². The Bertz CT molecular complexity index is 565. The molecule has 0 saturated carbocycles. The van der Waals surface area contributed by atoms with E-state index in [1.807, 2.05) is 4.68 Å². The number of nitrogens with zero attached hydrogens (tertiary/aromatic N) is 2. The number of halogens is 1. The van der Waals surface area contributed by atoms with Crippen LogP contribution in [-0.2, 0) is 6.54 Å². The number of aliphatic hydroxyl groups is 1. The van der Waals surface area contributed by atoms with Crippen LogP contribution in [0, 0.1) is 11.7 Å². The summed E-state index contributed by atoms with van der Waals surface area (Å²) in [5.41, 5.74) is 1.94. The van der Waals surface area contributed by atoms with Gasteiger partial charge < -0.3 is 10.4 Å². The molecular weight excluding hydrogens is 245 g/mol. The number of benzene rings is 1. The zero-order valence-corrected chi connectivity index (χ0v) is 10.5. The second-order valence-corrected chi connectivity index (χ2v) is 4.86. The summed E-state index contributed by atoms with van der Waals surface area (Å²) in [5.74, 6) is 1.14. The Morgan fingerprint density at radius 3 is 2.89 bits per heavy atom. The predicted molar refractivity (Wildman–Crippen MR) is 71.3 cm³/mol. The summed E-state index contributed by atoms with van der Waals surface area (Å²) < 4.78 is 14.9. The molecule has 1 aliphatic heterocycles. The molecule has 0 aliphatic carbocycles. The van der Waals surface area contributed by atoms with Gasteiger partial charge in [-0.05, 0) is 30.0 Å². The van der Waals surface area contributed by atoms with Crippen molar-refractivity contribution in [2.75, 3.05) is 18.5 Å². The van der Waals surface area contributed by atoms with E-state index in [4.69, 9.17) is 5.11 Å². The third kappa shape index (κ3) is 2.33. The number of fused-ring (bicyclic) bond motifs is 1. The highest BCUT2D eigenvalue weighted by molar-refractivity contribution is 5.75. The molecule has 0 spiro atoms. The van der Waals surface area contributed by atoms with Gasteiger partial charge in [-0.25, -0.2) is 9.07 Å². The molecule has 1 aliphatic rings. The van der Waals surface area contributed by atoms with Gasteiger partial charge in [0.2, 0.25) is 0 Å². The van der Waals surface area contributed by atoms with Crippen molar-refractivity contribution in [3.8, 4) is 11.1 Å². The van der Waals surface area contributed by atoms with Crippen LogP contribution in [0.5, 0.6) is 0 Å². The van der Waals surface area contributed by atoms with Crippen molar-refractivity contribution in [1.29, 1.82) is 0 Å². The molecule has 3 rings (SSSR count). The Hall–Kier alpha value is -1.88. The Balaban J connectivity index is 1.88. The molecule has 100 valence electrons. The van der Waals surface area contributed by atoms with Gasteiger partial charge in [0.05, 0.1) is 6.20 Å². The van der Waals surface area contributed by atoms with Gasteiger partial charge in [0.1, 0.15) is 11.6 Å². The fourth-order valence-corrected chi connectivity index (χ4v) is 2.48. The first kappa shape index (κ1) is 12.2. The molecule has 0 radical (unpaired) electrons. The van der Waals surface area contributed by atoms with Gasteiger partial charge in [-0.2, -0.15) is 5.10 Å². The molecule has 4 nitrogen and oxygen atoms in total. The van der Waals surface area contributed by atoms with Gasteiger partial charge in [0.15, 0.2) is 0 Å². The monoisotopic (exact) mass is 261 g/mol. The minimum Gasteiger partial charge on any atom is -0.396 e. The van der Waals surface area contributed by atoms with E-state index >= 15 is 0 Å². The standard InChI is InChI=1S/C14H16FN3O/c15-12-3-1-11(2-4-12)13-8-17-18-9-10(5-6-19)7-16-14(13)18/h1-4,8,10,16,19H,5-7,9H2. The van der Waals surface area contributed by atoms with E-state index in [2.05, 4.69) is 10.4 Å². The highest BCUT2D eigenvalue weighted by atomic mass is 19.1. The first-order valence-corrected chi connectivity index (χ1v) is 6.44. The maximum Gasteiger partial charge on any atom is 0.132 e. The lowest BCUT2D eigenvalue weighted by atomic mass is 10.0. The molecule has 0 bridgehead atoms. The predicted octanol–water partition coefficient (Wildman–Crippen LogP) is 2.11. The highest BCUT2D eigenvalue weighted by Gasteiger charge is 2.21. The van der Waals surface area contributed by atoms with Crippen molar-refractivity contribution >= 4 is 5.82 Å². The number of anilines is 1. The summed E-state index contributed by atoms with van der Waals surface area (Å²) in [6.45, 7) is 1.85. The maximum absolute atomic E-state index is 12.9. The molecule has 1 aromatic heterocycles. The normalized spacial score (nSPS) is 17.9. The molecule has 0 amide bonds. The lowest BCUT2D eigenvalue weighted by molar-refractivity contribution is 0.244. The summed E-state index contributed by atoms with van der Waals surface area (Å²) in [7, 11) is 0. The van der Waals surface area contributed by atoms with E-state index in [1.54, 1.807) is 18.3 Å². The van der Waals surface area contributed by atoms with Crippen LogP contribution in [0.3, 0.4) is 0 Å². The second-order valence-electron chi connectivity index (χ2n) is 4.86. The van der Waals surface area contributed by atoms with Gasteiger partial charge in [-0.3, -0.25) is 0 Å².